The summed E-state index contributed by atoms with van der Waals surface area (Å²) in [5, 5.41) is 14.4. The van der Waals surface area contributed by atoms with Gasteiger partial charge in [0.15, 0.2) is 0 Å². The Hall–Kier alpha value is -2.57. The van der Waals surface area contributed by atoms with Crippen molar-refractivity contribution in [1.82, 2.24) is 4.98 Å². The van der Waals surface area contributed by atoms with Gasteiger partial charge in [0, 0.05) is 21.8 Å². The number of anilines is 2. The fourth-order valence-corrected chi connectivity index (χ4v) is 3.52. The van der Waals surface area contributed by atoms with E-state index in [-0.39, 0.29) is 0 Å². The maximum Gasteiger partial charge on any atom is 0.0992 e. The minimum Gasteiger partial charge on any atom is -0.355 e. The molecule has 24 heavy (non-hydrogen) atoms. The first kappa shape index (κ1) is 15.0. The lowest BCUT2D eigenvalue weighted by molar-refractivity contribution is 0.672. The predicted octanol–water partition coefficient (Wildman–Crippen LogP) is 5.38. The SMILES string of the molecule is N#Cc1cccc(Nc2c3c(nc4cc(Cl)ccc24)CCCC3)c1. The van der Waals surface area contributed by atoms with Crippen molar-refractivity contribution < 1.29 is 0 Å². The van der Waals surface area contributed by atoms with Crippen molar-refractivity contribution in [3.05, 3.63) is 64.3 Å². The van der Waals surface area contributed by atoms with Gasteiger partial charge in [-0.15, -0.1) is 0 Å². The second-order valence-electron chi connectivity index (χ2n) is 6.10. The molecule has 3 nitrogen and oxygen atoms in total. The lowest BCUT2D eigenvalue weighted by atomic mass is 9.92. The van der Waals surface area contributed by atoms with Gasteiger partial charge in [-0.05, 0) is 67.6 Å². The summed E-state index contributed by atoms with van der Waals surface area (Å²) in [4.78, 5) is 4.84. The first-order chi connectivity index (χ1) is 11.7. The van der Waals surface area contributed by atoms with Crippen LogP contribution in [0.15, 0.2) is 42.5 Å². The number of nitriles is 1. The molecule has 0 saturated heterocycles. The van der Waals surface area contributed by atoms with Gasteiger partial charge in [0.2, 0.25) is 0 Å². The number of pyridine rings is 1. The summed E-state index contributed by atoms with van der Waals surface area (Å²) < 4.78 is 0. The van der Waals surface area contributed by atoms with Crippen LogP contribution in [0.3, 0.4) is 0 Å². The van der Waals surface area contributed by atoms with Crippen LogP contribution in [0.2, 0.25) is 5.02 Å². The molecule has 0 unspecified atom stereocenters. The summed E-state index contributed by atoms with van der Waals surface area (Å²) in [6.45, 7) is 0. The monoisotopic (exact) mass is 333 g/mol. The van der Waals surface area contributed by atoms with Crippen LogP contribution in [0.5, 0.6) is 0 Å². The van der Waals surface area contributed by atoms with Crippen LogP contribution in [-0.4, -0.2) is 4.98 Å². The molecule has 1 aliphatic carbocycles. The molecule has 0 atom stereocenters. The summed E-state index contributed by atoms with van der Waals surface area (Å²) in [5.74, 6) is 0. The zero-order chi connectivity index (χ0) is 16.5. The summed E-state index contributed by atoms with van der Waals surface area (Å²) in [5.41, 5.74) is 6.04. The largest absolute Gasteiger partial charge is 0.355 e. The molecule has 0 fully saturated rings. The molecular formula is C20H16ClN3. The molecule has 0 aliphatic heterocycles. The second-order valence-corrected chi connectivity index (χ2v) is 6.53. The van der Waals surface area contributed by atoms with Gasteiger partial charge < -0.3 is 5.32 Å². The van der Waals surface area contributed by atoms with Crippen molar-refractivity contribution in [3.8, 4) is 6.07 Å². The Morgan fingerprint density at radius 3 is 2.83 bits per heavy atom. The normalized spacial score (nSPS) is 13.3. The summed E-state index contributed by atoms with van der Waals surface area (Å²) in [6.07, 6.45) is 4.39. The standard InChI is InChI=1S/C20H16ClN3/c21-14-8-9-17-19(11-14)24-18-7-2-1-6-16(18)20(17)23-15-5-3-4-13(10-15)12-22/h3-5,8-11H,1-2,6-7H2,(H,23,24). The number of rotatable bonds is 2. The van der Waals surface area contributed by atoms with E-state index < -0.39 is 0 Å². The maximum atomic E-state index is 9.12. The molecule has 4 heteroatoms. The maximum absolute atomic E-state index is 9.12. The van der Waals surface area contributed by atoms with Gasteiger partial charge in [-0.25, -0.2) is 0 Å². The Bertz CT molecular complexity index is 973. The molecule has 118 valence electrons. The zero-order valence-corrected chi connectivity index (χ0v) is 13.9. The number of halogens is 1. The van der Waals surface area contributed by atoms with E-state index in [1.54, 1.807) is 0 Å². The van der Waals surface area contributed by atoms with Crippen LogP contribution in [0.25, 0.3) is 10.9 Å². The molecule has 1 N–H and O–H groups in total. The highest BCUT2D eigenvalue weighted by atomic mass is 35.5. The Balaban J connectivity index is 1.90. The molecule has 2 aromatic carbocycles. The Morgan fingerprint density at radius 2 is 1.96 bits per heavy atom. The van der Waals surface area contributed by atoms with Gasteiger partial charge >= 0.3 is 0 Å². The number of nitrogens with zero attached hydrogens (tertiary/aromatic N) is 2. The molecule has 0 radical (unpaired) electrons. The minimum absolute atomic E-state index is 0.648. The average Bonchev–Trinajstić information content (AvgIpc) is 2.61. The molecule has 0 spiro atoms. The van der Waals surface area contributed by atoms with E-state index in [9.17, 15) is 0 Å². The molecule has 0 saturated carbocycles. The third kappa shape index (κ3) is 2.70. The number of nitrogens with one attached hydrogen (secondary N) is 1. The van der Waals surface area contributed by atoms with Crippen molar-refractivity contribution in [2.75, 3.05) is 5.32 Å². The number of hydrogen-bond donors (Lipinski definition) is 1. The van der Waals surface area contributed by atoms with Gasteiger partial charge in [-0.2, -0.15) is 5.26 Å². The molecule has 0 amide bonds. The highest BCUT2D eigenvalue weighted by Crippen LogP contribution is 2.36. The third-order valence-electron chi connectivity index (χ3n) is 4.49. The molecule has 1 aromatic heterocycles. The van der Waals surface area contributed by atoms with Gasteiger partial charge in [0.25, 0.3) is 0 Å². The van der Waals surface area contributed by atoms with Crippen LogP contribution in [-0.2, 0) is 12.8 Å². The predicted molar refractivity (Wildman–Crippen MR) is 97.8 cm³/mol. The quantitative estimate of drug-likeness (QED) is 0.684. The topological polar surface area (TPSA) is 48.7 Å². The lowest BCUT2D eigenvalue weighted by Crippen LogP contribution is -2.09. The third-order valence-corrected chi connectivity index (χ3v) is 4.72. The number of aryl methyl sites for hydroxylation is 1. The van der Waals surface area contributed by atoms with Gasteiger partial charge in [-0.1, -0.05) is 17.7 Å². The fraction of sp³-hybridized carbons (Fsp3) is 0.200. The van der Waals surface area contributed by atoms with Gasteiger partial charge in [0.1, 0.15) is 0 Å². The number of hydrogen-bond acceptors (Lipinski definition) is 3. The molecular weight excluding hydrogens is 318 g/mol. The number of fused-ring (bicyclic) bond motifs is 2. The highest BCUT2D eigenvalue weighted by Gasteiger charge is 2.18. The van der Waals surface area contributed by atoms with Crippen LogP contribution in [0, 0.1) is 11.3 Å². The lowest BCUT2D eigenvalue weighted by Gasteiger charge is -2.22. The van der Waals surface area contributed by atoms with E-state index >= 15 is 0 Å². The van der Waals surface area contributed by atoms with E-state index in [1.165, 1.54) is 18.4 Å². The Kier molecular flexibility index (Phi) is 3.84. The summed E-state index contributed by atoms with van der Waals surface area (Å²) in [7, 11) is 0. The smallest absolute Gasteiger partial charge is 0.0992 e. The van der Waals surface area contributed by atoms with E-state index in [2.05, 4.69) is 11.4 Å². The van der Waals surface area contributed by atoms with Gasteiger partial charge in [0.05, 0.1) is 22.8 Å². The van der Waals surface area contributed by atoms with Crippen molar-refractivity contribution in [3.63, 3.8) is 0 Å². The molecule has 1 heterocycles. The number of aromatic nitrogens is 1. The van der Waals surface area contributed by atoms with Crippen molar-refractivity contribution >= 4 is 33.9 Å². The van der Waals surface area contributed by atoms with Gasteiger partial charge in [-0.3, -0.25) is 4.98 Å². The van der Waals surface area contributed by atoms with Crippen LogP contribution in [0.4, 0.5) is 11.4 Å². The molecule has 3 aromatic rings. The molecule has 4 rings (SSSR count). The Morgan fingerprint density at radius 1 is 1.08 bits per heavy atom. The van der Waals surface area contributed by atoms with Crippen molar-refractivity contribution in [1.29, 1.82) is 5.26 Å². The van der Waals surface area contributed by atoms with E-state index in [0.29, 0.717) is 10.6 Å². The van der Waals surface area contributed by atoms with E-state index in [4.69, 9.17) is 21.8 Å². The number of benzene rings is 2. The molecule has 1 aliphatic rings. The zero-order valence-electron chi connectivity index (χ0n) is 13.1. The second kappa shape index (κ2) is 6.14. The minimum atomic E-state index is 0.648. The summed E-state index contributed by atoms with van der Waals surface area (Å²) >= 11 is 6.16. The van der Waals surface area contributed by atoms with E-state index in [0.717, 1.165) is 40.8 Å². The molecule has 0 bridgehead atoms. The highest BCUT2D eigenvalue weighted by molar-refractivity contribution is 6.31. The van der Waals surface area contributed by atoms with Crippen molar-refractivity contribution in [2.45, 2.75) is 25.7 Å². The summed E-state index contributed by atoms with van der Waals surface area (Å²) in [6, 6.07) is 15.6. The van der Waals surface area contributed by atoms with E-state index in [1.807, 2.05) is 42.5 Å². The first-order valence-electron chi connectivity index (χ1n) is 8.13. The fourth-order valence-electron chi connectivity index (χ4n) is 3.35. The van der Waals surface area contributed by atoms with Crippen LogP contribution < -0.4 is 5.32 Å². The average molecular weight is 334 g/mol. The first-order valence-corrected chi connectivity index (χ1v) is 8.50. The van der Waals surface area contributed by atoms with Crippen LogP contribution in [0.1, 0.15) is 29.7 Å². The van der Waals surface area contributed by atoms with Crippen molar-refractivity contribution in [2.24, 2.45) is 0 Å². The Labute approximate surface area is 145 Å². The van der Waals surface area contributed by atoms with Crippen LogP contribution >= 0.6 is 11.6 Å².